The van der Waals surface area contributed by atoms with Crippen molar-refractivity contribution < 1.29 is 8.78 Å². The summed E-state index contributed by atoms with van der Waals surface area (Å²) in [7, 11) is 0. The first-order chi connectivity index (χ1) is 8.15. The summed E-state index contributed by atoms with van der Waals surface area (Å²) in [6.07, 6.45) is 3.39. The van der Waals surface area contributed by atoms with E-state index in [4.69, 9.17) is 0 Å². The lowest BCUT2D eigenvalue weighted by molar-refractivity contribution is 0.583. The number of benzene rings is 1. The number of hydrogen-bond acceptors (Lipinski definition) is 2. The molecule has 2 aromatic rings. The minimum absolute atomic E-state index is 0.0649. The molecule has 2 nitrogen and oxygen atoms in total. The molecule has 0 saturated heterocycles. The predicted octanol–water partition coefficient (Wildman–Crippen LogP) is 3.53. The van der Waals surface area contributed by atoms with E-state index >= 15 is 0 Å². The zero-order valence-electron chi connectivity index (χ0n) is 9.32. The highest BCUT2D eigenvalue weighted by Gasteiger charge is 2.06. The van der Waals surface area contributed by atoms with Gasteiger partial charge in [0, 0.05) is 24.1 Å². The van der Waals surface area contributed by atoms with Crippen LogP contribution in [0.2, 0.25) is 0 Å². The van der Waals surface area contributed by atoms with Gasteiger partial charge in [-0.1, -0.05) is 6.07 Å². The van der Waals surface area contributed by atoms with Crippen molar-refractivity contribution in [3.05, 3.63) is 59.9 Å². The number of aromatic nitrogens is 1. The number of rotatable bonds is 3. The summed E-state index contributed by atoms with van der Waals surface area (Å²) in [4.78, 5) is 3.99. The lowest BCUT2D eigenvalue weighted by Crippen LogP contribution is -2.07. The van der Waals surface area contributed by atoms with Crippen molar-refractivity contribution in [1.82, 2.24) is 4.98 Å². The van der Waals surface area contributed by atoms with E-state index in [9.17, 15) is 8.78 Å². The largest absolute Gasteiger partial charge is 0.378 e. The van der Waals surface area contributed by atoms with Gasteiger partial charge in [0.2, 0.25) is 0 Å². The zero-order chi connectivity index (χ0) is 12.3. The van der Waals surface area contributed by atoms with E-state index < -0.39 is 11.6 Å². The van der Waals surface area contributed by atoms with Crippen LogP contribution < -0.4 is 5.32 Å². The number of nitrogens with zero attached hydrogens (tertiary/aromatic N) is 1. The Morgan fingerprint density at radius 1 is 1.18 bits per heavy atom. The van der Waals surface area contributed by atoms with Gasteiger partial charge in [-0.2, -0.15) is 0 Å². The molecule has 0 aliphatic rings. The molecule has 1 unspecified atom stereocenters. The van der Waals surface area contributed by atoms with Gasteiger partial charge in [0.05, 0.1) is 6.04 Å². The Bertz CT molecular complexity index is 480. The number of nitrogens with one attached hydrogen (secondary N) is 1. The van der Waals surface area contributed by atoms with E-state index in [1.54, 1.807) is 12.4 Å². The Balaban J connectivity index is 2.16. The van der Waals surface area contributed by atoms with Crippen LogP contribution in [0.15, 0.2) is 42.7 Å². The summed E-state index contributed by atoms with van der Waals surface area (Å²) < 4.78 is 26.0. The molecule has 0 spiro atoms. The molecular weight excluding hydrogens is 222 g/mol. The Kier molecular flexibility index (Phi) is 3.32. The molecule has 0 aliphatic heterocycles. The van der Waals surface area contributed by atoms with Crippen LogP contribution in [0.5, 0.6) is 0 Å². The van der Waals surface area contributed by atoms with Gasteiger partial charge >= 0.3 is 0 Å². The van der Waals surface area contributed by atoms with Crippen LogP contribution in [0, 0.1) is 11.6 Å². The molecule has 17 heavy (non-hydrogen) atoms. The van der Waals surface area contributed by atoms with E-state index in [0.29, 0.717) is 5.69 Å². The summed E-state index contributed by atoms with van der Waals surface area (Å²) in [5.74, 6) is -1.18. The summed E-state index contributed by atoms with van der Waals surface area (Å²) >= 11 is 0. The monoisotopic (exact) mass is 234 g/mol. The Hall–Kier alpha value is -1.97. The summed E-state index contributed by atoms with van der Waals surface area (Å²) in [6, 6.07) is 7.02. The quantitative estimate of drug-likeness (QED) is 0.878. The molecule has 1 N–H and O–H groups in total. The van der Waals surface area contributed by atoms with Gasteiger partial charge in [-0.25, -0.2) is 8.78 Å². The SMILES string of the molecule is CC(Nc1cc(F)cc(F)c1)c1cccnc1. The minimum atomic E-state index is -0.592. The topological polar surface area (TPSA) is 24.9 Å². The van der Waals surface area contributed by atoms with E-state index in [-0.39, 0.29) is 6.04 Å². The fraction of sp³-hybridized carbons (Fsp3) is 0.154. The van der Waals surface area contributed by atoms with Crippen LogP contribution in [0.4, 0.5) is 14.5 Å². The molecule has 1 heterocycles. The first-order valence-corrected chi connectivity index (χ1v) is 5.28. The van der Waals surface area contributed by atoms with Gasteiger partial charge in [0.1, 0.15) is 11.6 Å². The highest BCUT2D eigenvalue weighted by Crippen LogP contribution is 2.20. The molecule has 0 fully saturated rings. The molecule has 0 saturated carbocycles. The second-order valence-corrected chi connectivity index (χ2v) is 3.81. The molecule has 2 rings (SSSR count). The van der Waals surface area contributed by atoms with Crippen molar-refractivity contribution >= 4 is 5.69 Å². The Morgan fingerprint density at radius 3 is 2.47 bits per heavy atom. The molecule has 1 aromatic carbocycles. The highest BCUT2D eigenvalue weighted by molar-refractivity contribution is 5.45. The first-order valence-electron chi connectivity index (χ1n) is 5.28. The van der Waals surface area contributed by atoms with Gasteiger partial charge in [0.15, 0.2) is 0 Å². The molecule has 0 radical (unpaired) electrons. The van der Waals surface area contributed by atoms with Crippen molar-refractivity contribution in [2.24, 2.45) is 0 Å². The average Bonchev–Trinajstić information content (AvgIpc) is 2.28. The van der Waals surface area contributed by atoms with Crippen LogP contribution in [0.3, 0.4) is 0 Å². The Morgan fingerprint density at radius 2 is 1.88 bits per heavy atom. The van der Waals surface area contributed by atoms with Gasteiger partial charge < -0.3 is 5.32 Å². The first kappa shape index (κ1) is 11.5. The molecule has 0 bridgehead atoms. The number of pyridine rings is 1. The lowest BCUT2D eigenvalue weighted by Gasteiger charge is -2.15. The third kappa shape index (κ3) is 3.00. The lowest BCUT2D eigenvalue weighted by atomic mass is 10.1. The average molecular weight is 234 g/mol. The maximum atomic E-state index is 13.0. The summed E-state index contributed by atoms with van der Waals surface area (Å²) in [6.45, 7) is 1.90. The van der Waals surface area contributed by atoms with Crippen molar-refractivity contribution in [1.29, 1.82) is 0 Å². The van der Waals surface area contributed by atoms with Crippen LogP contribution in [-0.2, 0) is 0 Å². The van der Waals surface area contributed by atoms with E-state index in [1.807, 2.05) is 19.1 Å². The van der Waals surface area contributed by atoms with Crippen LogP contribution >= 0.6 is 0 Å². The molecule has 4 heteroatoms. The number of halogens is 2. The van der Waals surface area contributed by atoms with E-state index in [1.165, 1.54) is 12.1 Å². The molecular formula is C13H12F2N2. The van der Waals surface area contributed by atoms with Gasteiger partial charge in [-0.3, -0.25) is 4.98 Å². The minimum Gasteiger partial charge on any atom is -0.378 e. The van der Waals surface area contributed by atoms with Gasteiger partial charge in [-0.05, 0) is 30.7 Å². The third-order valence-electron chi connectivity index (χ3n) is 2.43. The molecule has 88 valence electrons. The van der Waals surface area contributed by atoms with Gasteiger partial charge in [0.25, 0.3) is 0 Å². The normalized spacial score (nSPS) is 12.2. The molecule has 1 atom stereocenters. The van der Waals surface area contributed by atoms with Crippen LogP contribution in [0.1, 0.15) is 18.5 Å². The van der Waals surface area contributed by atoms with Gasteiger partial charge in [-0.15, -0.1) is 0 Å². The van der Waals surface area contributed by atoms with Crippen LogP contribution in [0.25, 0.3) is 0 Å². The summed E-state index contributed by atoms with van der Waals surface area (Å²) in [5.41, 5.74) is 1.37. The van der Waals surface area contributed by atoms with Crippen molar-refractivity contribution in [3.63, 3.8) is 0 Å². The zero-order valence-corrected chi connectivity index (χ0v) is 9.32. The van der Waals surface area contributed by atoms with Crippen molar-refractivity contribution in [2.75, 3.05) is 5.32 Å². The number of hydrogen-bond donors (Lipinski definition) is 1. The second-order valence-electron chi connectivity index (χ2n) is 3.81. The standard InChI is InChI=1S/C13H12F2N2/c1-9(10-3-2-4-16-8-10)17-13-6-11(14)5-12(15)7-13/h2-9,17H,1H3. The summed E-state index contributed by atoms with van der Waals surface area (Å²) in [5, 5.41) is 3.02. The maximum Gasteiger partial charge on any atom is 0.128 e. The predicted molar refractivity (Wildman–Crippen MR) is 62.6 cm³/mol. The van der Waals surface area contributed by atoms with Crippen molar-refractivity contribution in [2.45, 2.75) is 13.0 Å². The second kappa shape index (κ2) is 4.91. The fourth-order valence-electron chi connectivity index (χ4n) is 1.60. The van der Waals surface area contributed by atoms with Crippen molar-refractivity contribution in [3.8, 4) is 0 Å². The maximum absolute atomic E-state index is 13.0. The Labute approximate surface area is 98.3 Å². The molecule has 0 amide bonds. The highest BCUT2D eigenvalue weighted by atomic mass is 19.1. The fourth-order valence-corrected chi connectivity index (χ4v) is 1.60. The molecule has 1 aromatic heterocycles. The van der Waals surface area contributed by atoms with Crippen LogP contribution in [-0.4, -0.2) is 4.98 Å². The van der Waals surface area contributed by atoms with E-state index in [2.05, 4.69) is 10.3 Å². The molecule has 0 aliphatic carbocycles. The van der Waals surface area contributed by atoms with E-state index in [0.717, 1.165) is 11.6 Å². The third-order valence-corrected chi connectivity index (χ3v) is 2.43. The smallest absolute Gasteiger partial charge is 0.128 e. The number of anilines is 1.